The van der Waals surface area contributed by atoms with Gasteiger partial charge in [0.1, 0.15) is 5.67 Å². The van der Waals surface area contributed by atoms with E-state index in [2.05, 4.69) is 11.8 Å². The molecule has 2 saturated heterocycles. The lowest BCUT2D eigenvalue weighted by Crippen LogP contribution is -2.66. The van der Waals surface area contributed by atoms with Crippen molar-refractivity contribution >= 4 is 0 Å². The van der Waals surface area contributed by atoms with Crippen LogP contribution >= 0.6 is 0 Å². The summed E-state index contributed by atoms with van der Waals surface area (Å²) < 4.78 is 19.5. The summed E-state index contributed by atoms with van der Waals surface area (Å²) in [5.74, 6) is 0.0124. The fourth-order valence-corrected chi connectivity index (χ4v) is 2.60. The third-order valence-corrected chi connectivity index (χ3v) is 3.97. The molecule has 0 aliphatic carbocycles. The Bertz CT molecular complexity index is 241. The van der Waals surface area contributed by atoms with Crippen LogP contribution in [-0.2, 0) is 4.74 Å². The van der Waals surface area contributed by atoms with Crippen LogP contribution < -0.4 is 5.73 Å². The molecule has 15 heavy (non-hydrogen) atoms. The van der Waals surface area contributed by atoms with Gasteiger partial charge in [-0.25, -0.2) is 4.39 Å². The molecule has 0 spiro atoms. The van der Waals surface area contributed by atoms with Crippen molar-refractivity contribution in [2.24, 2.45) is 11.7 Å². The molecule has 2 unspecified atom stereocenters. The standard InChI is InChI=1S/C11H21FN2O/c1-10(7-15-8-10)14-4-3-9(5-13)11(2,12)6-14/h9H,3-8,13H2,1-2H3. The number of nitrogens with two attached hydrogens (primary N) is 1. The second kappa shape index (κ2) is 3.68. The first-order valence-corrected chi connectivity index (χ1v) is 5.70. The number of nitrogens with zero attached hydrogens (tertiary/aromatic N) is 1. The van der Waals surface area contributed by atoms with Crippen LogP contribution in [0.25, 0.3) is 0 Å². The number of alkyl halides is 1. The average molecular weight is 216 g/mol. The van der Waals surface area contributed by atoms with Gasteiger partial charge in [0.25, 0.3) is 0 Å². The van der Waals surface area contributed by atoms with E-state index in [0.29, 0.717) is 13.1 Å². The number of ether oxygens (including phenoxy) is 1. The van der Waals surface area contributed by atoms with Crippen molar-refractivity contribution in [3.05, 3.63) is 0 Å². The van der Waals surface area contributed by atoms with Crippen LogP contribution in [0.1, 0.15) is 20.3 Å². The number of halogens is 1. The van der Waals surface area contributed by atoms with Crippen molar-refractivity contribution in [1.82, 2.24) is 4.90 Å². The van der Waals surface area contributed by atoms with Crippen molar-refractivity contribution in [3.63, 3.8) is 0 Å². The Hall–Kier alpha value is -0.190. The molecule has 0 saturated carbocycles. The lowest BCUT2D eigenvalue weighted by molar-refractivity contribution is -0.157. The summed E-state index contributed by atoms with van der Waals surface area (Å²) in [4.78, 5) is 2.22. The normalized spacial score (nSPS) is 41.2. The molecule has 2 aliphatic rings. The zero-order valence-corrected chi connectivity index (χ0v) is 9.63. The van der Waals surface area contributed by atoms with E-state index < -0.39 is 5.67 Å². The van der Waals surface area contributed by atoms with Gasteiger partial charge < -0.3 is 10.5 Å². The Kier molecular flexibility index (Phi) is 2.77. The monoisotopic (exact) mass is 216 g/mol. The van der Waals surface area contributed by atoms with Gasteiger partial charge in [-0.2, -0.15) is 0 Å². The van der Waals surface area contributed by atoms with Crippen LogP contribution in [0.2, 0.25) is 0 Å². The van der Waals surface area contributed by atoms with Crippen LogP contribution in [0, 0.1) is 5.92 Å². The Morgan fingerprint density at radius 3 is 2.53 bits per heavy atom. The molecule has 0 aromatic carbocycles. The first-order valence-electron chi connectivity index (χ1n) is 5.70. The quantitative estimate of drug-likeness (QED) is 0.741. The largest absolute Gasteiger partial charge is 0.377 e. The van der Waals surface area contributed by atoms with Gasteiger partial charge >= 0.3 is 0 Å². The fraction of sp³-hybridized carbons (Fsp3) is 1.00. The highest BCUT2D eigenvalue weighted by Gasteiger charge is 2.47. The van der Waals surface area contributed by atoms with E-state index in [9.17, 15) is 4.39 Å². The number of hydrogen-bond acceptors (Lipinski definition) is 3. The molecule has 4 heteroatoms. The third-order valence-electron chi connectivity index (χ3n) is 3.97. The van der Waals surface area contributed by atoms with Crippen LogP contribution in [0.5, 0.6) is 0 Å². The summed E-state index contributed by atoms with van der Waals surface area (Å²) in [6.07, 6.45) is 0.860. The summed E-state index contributed by atoms with van der Waals surface area (Å²) in [5.41, 5.74) is 4.51. The first-order chi connectivity index (χ1) is 6.98. The predicted octanol–water partition coefficient (Wildman–Crippen LogP) is 0.784. The van der Waals surface area contributed by atoms with Crippen molar-refractivity contribution in [2.75, 3.05) is 32.8 Å². The van der Waals surface area contributed by atoms with E-state index in [1.807, 2.05) is 0 Å². The molecule has 0 bridgehead atoms. The molecule has 0 aromatic heterocycles. The summed E-state index contributed by atoms with van der Waals surface area (Å²) in [6, 6.07) is 0. The maximum absolute atomic E-state index is 14.3. The molecule has 2 atom stereocenters. The minimum atomic E-state index is -1.15. The van der Waals surface area contributed by atoms with E-state index >= 15 is 0 Å². The molecule has 2 heterocycles. The molecular weight excluding hydrogens is 195 g/mol. The van der Waals surface area contributed by atoms with Gasteiger partial charge in [0.05, 0.1) is 18.8 Å². The van der Waals surface area contributed by atoms with Crippen molar-refractivity contribution < 1.29 is 9.13 Å². The Morgan fingerprint density at radius 2 is 2.13 bits per heavy atom. The second-order valence-electron chi connectivity index (χ2n) is 5.41. The SMILES string of the molecule is CC1(F)CN(C2(C)COC2)CCC1CN. The van der Waals surface area contributed by atoms with E-state index in [1.54, 1.807) is 6.92 Å². The molecule has 88 valence electrons. The van der Waals surface area contributed by atoms with Crippen LogP contribution in [0.3, 0.4) is 0 Å². The molecule has 2 N–H and O–H groups in total. The van der Waals surface area contributed by atoms with Gasteiger partial charge in [0.15, 0.2) is 0 Å². The van der Waals surface area contributed by atoms with Gasteiger partial charge in [0, 0.05) is 12.5 Å². The van der Waals surface area contributed by atoms with E-state index in [1.165, 1.54) is 0 Å². The zero-order chi connectivity index (χ0) is 11.1. The average Bonchev–Trinajstić information content (AvgIpc) is 2.12. The summed E-state index contributed by atoms with van der Waals surface area (Å²) in [5, 5.41) is 0. The molecule has 0 amide bonds. The summed E-state index contributed by atoms with van der Waals surface area (Å²) >= 11 is 0. The number of hydrogen-bond donors (Lipinski definition) is 1. The molecule has 0 radical (unpaired) electrons. The van der Waals surface area contributed by atoms with Gasteiger partial charge in [-0.1, -0.05) is 0 Å². The highest BCUT2D eigenvalue weighted by Crippen LogP contribution is 2.36. The minimum Gasteiger partial charge on any atom is -0.377 e. The minimum absolute atomic E-state index is 0.0124. The van der Waals surface area contributed by atoms with Crippen molar-refractivity contribution in [2.45, 2.75) is 31.5 Å². The second-order valence-corrected chi connectivity index (χ2v) is 5.41. The van der Waals surface area contributed by atoms with E-state index in [-0.39, 0.29) is 11.5 Å². The zero-order valence-electron chi connectivity index (χ0n) is 9.63. The first kappa shape index (κ1) is 11.3. The fourth-order valence-electron chi connectivity index (χ4n) is 2.60. The lowest BCUT2D eigenvalue weighted by Gasteiger charge is -2.52. The van der Waals surface area contributed by atoms with Crippen LogP contribution in [0.4, 0.5) is 4.39 Å². The Labute approximate surface area is 90.8 Å². The van der Waals surface area contributed by atoms with Gasteiger partial charge in [-0.05, 0) is 33.4 Å². The Morgan fingerprint density at radius 1 is 1.47 bits per heavy atom. The molecule has 2 rings (SSSR count). The maximum Gasteiger partial charge on any atom is 0.124 e. The van der Waals surface area contributed by atoms with E-state index in [0.717, 1.165) is 26.2 Å². The molecule has 3 nitrogen and oxygen atoms in total. The lowest BCUT2D eigenvalue weighted by atomic mass is 9.81. The molecular formula is C11H21FN2O. The number of likely N-dealkylation sites (tertiary alicyclic amines) is 1. The molecule has 2 fully saturated rings. The van der Waals surface area contributed by atoms with Crippen molar-refractivity contribution in [1.29, 1.82) is 0 Å². The predicted molar refractivity (Wildman–Crippen MR) is 57.5 cm³/mol. The van der Waals surface area contributed by atoms with Crippen molar-refractivity contribution in [3.8, 4) is 0 Å². The highest BCUT2D eigenvalue weighted by molar-refractivity contribution is 5.00. The highest BCUT2D eigenvalue weighted by atomic mass is 19.1. The number of piperidine rings is 1. The third kappa shape index (κ3) is 1.90. The topological polar surface area (TPSA) is 38.5 Å². The summed E-state index contributed by atoms with van der Waals surface area (Å²) in [6.45, 7) is 7.19. The Balaban J connectivity index is 2.02. The molecule has 0 aromatic rings. The molecule has 2 aliphatic heterocycles. The van der Waals surface area contributed by atoms with Gasteiger partial charge in [0.2, 0.25) is 0 Å². The number of rotatable bonds is 2. The van der Waals surface area contributed by atoms with Gasteiger partial charge in [-0.3, -0.25) is 4.90 Å². The summed E-state index contributed by atoms with van der Waals surface area (Å²) in [7, 11) is 0. The smallest absolute Gasteiger partial charge is 0.124 e. The van der Waals surface area contributed by atoms with E-state index in [4.69, 9.17) is 10.5 Å². The maximum atomic E-state index is 14.3. The van der Waals surface area contributed by atoms with Crippen LogP contribution in [-0.4, -0.2) is 49.0 Å². The van der Waals surface area contributed by atoms with Crippen LogP contribution in [0.15, 0.2) is 0 Å². The van der Waals surface area contributed by atoms with Gasteiger partial charge in [-0.15, -0.1) is 0 Å².